The highest BCUT2D eigenvalue weighted by Crippen LogP contribution is 2.34. The standard InChI is InChI=1S/C31H33FN4O3/c1-4-21-10-8-11-22(5-2)30(21)36(20-39-3)29(38)19-35-27-15-7-6-14-26(27)33-31(35)23-16-28(37)34(18-23)25-13-9-12-24(32)17-25/h6-15,17,23H,4-5,16,18-20H2,1-3H3. The van der Waals surface area contributed by atoms with Crippen LogP contribution in [0.25, 0.3) is 11.0 Å². The lowest BCUT2D eigenvalue weighted by molar-refractivity contribution is -0.120. The monoisotopic (exact) mass is 528 g/mol. The fraction of sp³-hybridized carbons (Fsp3) is 0.323. The Morgan fingerprint density at radius 3 is 2.46 bits per heavy atom. The van der Waals surface area contributed by atoms with Gasteiger partial charge in [0.05, 0.1) is 16.7 Å². The molecule has 39 heavy (non-hydrogen) atoms. The molecule has 3 aromatic carbocycles. The van der Waals surface area contributed by atoms with Gasteiger partial charge in [-0.15, -0.1) is 0 Å². The highest BCUT2D eigenvalue weighted by atomic mass is 19.1. The molecule has 1 saturated heterocycles. The molecular formula is C31H33FN4O3. The summed E-state index contributed by atoms with van der Waals surface area (Å²) in [5.74, 6) is -0.178. The first-order valence-electron chi connectivity index (χ1n) is 13.4. The number of fused-ring (bicyclic) bond motifs is 1. The number of anilines is 2. The molecule has 1 fully saturated rings. The number of imidazole rings is 1. The molecule has 7 nitrogen and oxygen atoms in total. The molecule has 0 aliphatic carbocycles. The molecule has 2 heterocycles. The first-order chi connectivity index (χ1) is 18.9. The summed E-state index contributed by atoms with van der Waals surface area (Å²) in [5.41, 5.74) is 5.18. The topological polar surface area (TPSA) is 67.7 Å². The van der Waals surface area contributed by atoms with Gasteiger partial charge in [-0.25, -0.2) is 9.37 Å². The van der Waals surface area contributed by atoms with Crippen LogP contribution in [0.15, 0.2) is 66.7 Å². The van der Waals surface area contributed by atoms with Gasteiger partial charge in [0.2, 0.25) is 11.8 Å². The van der Waals surface area contributed by atoms with E-state index in [1.807, 2.05) is 47.0 Å². The second-order valence-electron chi connectivity index (χ2n) is 9.80. The average molecular weight is 529 g/mol. The van der Waals surface area contributed by atoms with Gasteiger partial charge in [0.1, 0.15) is 24.9 Å². The van der Waals surface area contributed by atoms with Gasteiger partial charge in [-0.1, -0.05) is 50.2 Å². The molecule has 5 rings (SSSR count). The van der Waals surface area contributed by atoms with Crippen molar-refractivity contribution in [1.29, 1.82) is 0 Å². The Balaban J connectivity index is 1.52. The van der Waals surface area contributed by atoms with Crippen LogP contribution in [0.1, 0.15) is 43.1 Å². The van der Waals surface area contributed by atoms with E-state index in [-0.39, 0.29) is 37.4 Å². The average Bonchev–Trinajstić information content (AvgIpc) is 3.51. The molecule has 1 aromatic heterocycles. The highest BCUT2D eigenvalue weighted by Gasteiger charge is 2.35. The second-order valence-corrected chi connectivity index (χ2v) is 9.80. The number of halogens is 1. The number of hydrogen-bond donors (Lipinski definition) is 0. The van der Waals surface area contributed by atoms with Crippen LogP contribution in [0, 0.1) is 5.82 Å². The molecule has 0 saturated carbocycles. The summed E-state index contributed by atoms with van der Waals surface area (Å²) in [6.45, 7) is 4.69. The molecule has 0 bridgehead atoms. The SMILES string of the molecule is CCc1cccc(CC)c1N(COC)C(=O)Cn1c(C2CC(=O)N(c3cccc(F)c3)C2)nc2ccccc21. The largest absolute Gasteiger partial charge is 0.364 e. The molecule has 1 atom stereocenters. The lowest BCUT2D eigenvalue weighted by atomic mass is 10.0. The van der Waals surface area contributed by atoms with Crippen molar-refractivity contribution in [2.75, 3.05) is 30.2 Å². The van der Waals surface area contributed by atoms with Crippen LogP contribution < -0.4 is 9.80 Å². The maximum atomic E-state index is 14.0. The molecule has 4 aromatic rings. The molecule has 0 radical (unpaired) electrons. The summed E-state index contributed by atoms with van der Waals surface area (Å²) < 4.78 is 21.3. The summed E-state index contributed by atoms with van der Waals surface area (Å²) in [4.78, 5) is 35.2. The number of benzene rings is 3. The predicted molar refractivity (Wildman–Crippen MR) is 150 cm³/mol. The van der Waals surface area contributed by atoms with Crippen molar-refractivity contribution in [3.63, 3.8) is 0 Å². The molecule has 0 spiro atoms. The first-order valence-corrected chi connectivity index (χ1v) is 13.4. The maximum Gasteiger partial charge on any atom is 0.248 e. The fourth-order valence-electron chi connectivity index (χ4n) is 5.52. The van der Waals surface area contributed by atoms with Crippen LogP contribution >= 0.6 is 0 Å². The van der Waals surface area contributed by atoms with E-state index in [1.165, 1.54) is 12.1 Å². The first kappa shape index (κ1) is 26.6. The third-order valence-electron chi connectivity index (χ3n) is 7.38. The van der Waals surface area contributed by atoms with Gasteiger partial charge in [-0.3, -0.25) is 14.5 Å². The molecular weight excluding hydrogens is 495 g/mol. The number of hydrogen-bond acceptors (Lipinski definition) is 4. The number of nitrogens with zero attached hydrogens (tertiary/aromatic N) is 4. The lowest BCUT2D eigenvalue weighted by Gasteiger charge is -2.27. The van der Waals surface area contributed by atoms with Crippen LogP contribution in [-0.4, -0.2) is 41.8 Å². The van der Waals surface area contributed by atoms with Gasteiger partial charge in [0.25, 0.3) is 0 Å². The molecule has 0 N–H and O–H groups in total. The number of aromatic nitrogens is 2. The molecule has 1 aliphatic rings. The normalized spacial score (nSPS) is 15.3. The van der Waals surface area contributed by atoms with E-state index in [4.69, 9.17) is 9.72 Å². The van der Waals surface area contributed by atoms with Crippen LogP contribution in [0.4, 0.5) is 15.8 Å². The van der Waals surface area contributed by atoms with Gasteiger partial charge in [0.15, 0.2) is 0 Å². The lowest BCUT2D eigenvalue weighted by Crippen LogP contribution is -2.37. The third kappa shape index (κ3) is 5.16. The Morgan fingerprint density at radius 1 is 1.05 bits per heavy atom. The van der Waals surface area contributed by atoms with E-state index in [0.29, 0.717) is 18.1 Å². The smallest absolute Gasteiger partial charge is 0.248 e. The minimum Gasteiger partial charge on any atom is -0.364 e. The van der Waals surface area contributed by atoms with E-state index in [1.54, 1.807) is 29.0 Å². The number of para-hydroxylation sites is 3. The van der Waals surface area contributed by atoms with Gasteiger partial charge < -0.3 is 14.2 Å². The number of methoxy groups -OCH3 is 1. The Kier molecular flexibility index (Phi) is 7.74. The third-order valence-corrected chi connectivity index (χ3v) is 7.38. The summed E-state index contributed by atoms with van der Waals surface area (Å²) in [7, 11) is 1.59. The van der Waals surface area contributed by atoms with Crippen LogP contribution in [-0.2, 0) is 33.7 Å². The van der Waals surface area contributed by atoms with E-state index in [0.717, 1.165) is 40.7 Å². The van der Waals surface area contributed by atoms with Crippen molar-refractivity contribution in [2.24, 2.45) is 0 Å². The molecule has 8 heteroatoms. The second kappa shape index (κ2) is 11.4. The quantitative estimate of drug-likeness (QED) is 0.271. The van der Waals surface area contributed by atoms with Crippen molar-refractivity contribution in [2.45, 2.75) is 45.6 Å². The zero-order valence-electron chi connectivity index (χ0n) is 22.6. The van der Waals surface area contributed by atoms with Crippen molar-refractivity contribution < 1.29 is 18.7 Å². The van der Waals surface area contributed by atoms with Gasteiger partial charge in [-0.2, -0.15) is 0 Å². The van der Waals surface area contributed by atoms with Gasteiger partial charge in [-0.05, 0) is 54.3 Å². The number of carbonyl (C=O) groups is 2. The summed E-state index contributed by atoms with van der Waals surface area (Å²) in [5, 5.41) is 0. The van der Waals surface area contributed by atoms with Crippen molar-refractivity contribution in [3.8, 4) is 0 Å². The van der Waals surface area contributed by atoms with Crippen molar-refractivity contribution in [1.82, 2.24) is 9.55 Å². The highest BCUT2D eigenvalue weighted by molar-refractivity contribution is 5.97. The number of rotatable bonds is 9. The van der Waals surface area contributed by atoms with Gasteiger partial charge >= 0.3 is 0 Å². The Hall–Kier alpha value is -4.04. The van der Waals surface area contributed by atoms with Crippen LogP contribution in [0.2, 0.25) is 0 Å². The molecule has 202 valence electrons. The number of amides is 2. The van der Waals surface area contributed by atoms with Crippen molar-refractivity contribution in [3.05, 3.63) is 89.5 Å². The zero-order valence-corrected chi connectivity index (χ0v) is 22.6. The molecule has 1 unspecified atom stereocenters. The molecule has 2 amide bonds. The fourth-order valence-corrected chi connectivity index (χ4v) is 5.52. The maximum absolute atomic E-state index is 14.0. The number of ether oxygens (including phenoxy) is 1. The Morgan fingerprint density at radius 2 is 1.77 bits per heavy atom. The summed E-state index contributed by atoms with van der Waals surface area (Å²) in [6.07, 6.45) is 1.81. The van der Waals surface area contributed by atoms with E-state index in [9.17, 15) is 14.0 Å². The van der Waals surface area contributed by atoms with E-state index >= 15 is 0 Å². The zero-order chi connectivity index (χ0) is 27.5. The van der Waals surface area contributed by atoms with Crippen LogP contribution in [0.3, 0.4) is 0 Å². The summed E-state index contributed by atoms with van der Waals surface area (Å²) >= 11 is 0. The number of carbonyl (C=O) groups excluding carboxylic acids is 2. The Labute approximate surface area is 227 Å². The minimum absolute atomic E-state index is 0.0467. The van der Waals surface area contributed by atoms with Gasteiger partial charge in [0, 0.05) is 31.7 Å². The summed E-state index contributed by atoms with van der Waals surface area (Å²) in [6, 6.07) is 19.9. The van der Waals surface area contributed by atoms with Crippen molar-refractivity contribution >= 4 is 34.2 Å². The van der Waals surface area contributed by atoms with E-state index < -0.39 is 5.82 Å². The van der Waals surface area contributed by atoms with E-state index in [2.05, 4.69) is 13.8 Å². The minimum atomic E-state index is -0.390. The Bertz CT molecular complexity index is 1490. The number of aryl methyl sites for hydroxylation is 2. The molecule has 1 aliphatic heterocycles. The predicted octanol–water partition coefficient (Wildman–Crippen LogP) is 5.46. The van der Waals surface area contributed by atoms with Crippen LogP contribution in [0.5, 0.6) is 0 Å².